The van der Waals surface area contributed by atoms with Crippen molar-refractivity contribution in [3.05, 3.63) is 39.7 Å². The Balaban J connectivity index is 1.64. The van der Waals surface area contributed by atoms with Crippen molar-refractivity contribution in [2.45, 2.75) is 92.2 Å². The summed E-state index contributed by atoms with van der Waals surface area (Å²) in [5, 5.41) is 0.235. The van der Waals surface area contributed by atoms with Gasteiger partial charge in [-0.15, -0.1) is 0 Å². The second-order valence-corrected chi connectivity index (χ2v) is 10.5. The van der Waals surface area contributed by atoms with Crippen LogP contribution in [0.1, 0.15) is 90.2 Å². The van der Waals surface area contributed by atoms with Crippen LogP contribution in [0.25, 0.3) is 11.0 Å². The lowest BCUT2D eigenvalue weighted by Gasteiger charge is -2.23. The van der Waals surface area contributed by atoms with E-state index < -0.39 is 22.8 Å². The summed E-state index contributed by atoms with van der Waals surface area (Å²) < 4.78 is 55.3. The first-order valence-corrected chi connectivity index (χ1v) is 12.8. The zero-order chi connectivity index (χ0) is 26.9. The molecule has 1 heterocycles. The summed E-state index contributed by atoms with van der Waals surface area (Å²) in [6.45, 7) is 10.4. The molecule has 1 aromatic heterocycles. The Bertz CT molecular complexity index is 1050. The predicted molar refractivity (Wildman–Crippen MR) is 134 cm³/mol. The molecule has 0 bridgehead atoms. The largest absolute Gasteiger partial charge is 0.493 e. The van der Waals surface area contributed by atoms with E-state index in [4.69, 9.17) is 13.9 Å². The van der Waals surface area contributed by atoms with Gasteiger partial charge in [-0.25, -0.2) is 4.79 Å². The monoisotopic (exact) mass is 512 g/mol. The number of carbonyl (C=O) groups is 1. The second kappa shape index (κ2) is 13.2. The van der Waals surface area contributed by atoms with Crippen LogP contribution >= 0.6 is 0 Å². The van der Waals surface area contributed by atoms with Crippen LogP contribution in [-0.2, 0) is 15.7 Å². The minimum atomic E-state index is -4.76. The van der Waals surface area contributed by atoms with Crippen molar-refractivity contribution in [3.8, 4) is 5.75 Å². The highest BCUT2D eigenvalue weighted by atomic mass is 19.4. The number of alkyl halides is 3. The van der Waals surface area contributed by atoms with Crippen LogP contribution in [0.15, 0.2) is 27.4 Å². The predicted octanol–water partition coefficient (Wildman–Crippen LogP) is 7.85. The maximum absolute atomic E-state index is 13.1. The Labute approximate surface area is 211 Å². The number of rotatable bonds is 14. The Hall–Kier alpha value is -2.51. The Morgan fingerprint density at radius 1 is 1.00 bits per heavy atom. The fourth-order valence-electron chi connectivity index (χ4n) is 3.97. The van der Waals surface area contributed by atoms with Crippen LogP contribution in [0, 0.1) is 18.3 Å². The van der Waals surface area contributed by atoms with E-state index in [0.717, 1.165) is 51.4 Å². The van der Waals surface area contributed by atoms with Gasteiger partial charge in [-0.2, -0.15) is 13.2 Å². The topological polar surface area (TPSA) is 65.7 Å². The number of unbranched alkanes of at least 4 members (excludes halogenated alkanes) is 5. The molecule has 0 amide bonds. The molecule has 8 heteroatoms. The van der Waals surface area contributed by atoms with Gasteiger partial charge in [0.2, 0.25) is 0 Å². The second-order valence-electron chi connectivity index (χ2n) is 10.5. The Morgan fingerprint density at radius 2 is 1.61 bits per heavy atom. The van der Waals surface area contributed by atoms with Gasteiger partial charge >= 0.3 is 17.8 Å². The lowest BCUT2D eigenvalue weighted by Crippen LogP contribution is -2.27. The van der Waals surface area contributed by atoms with Gasteiger partial charge in [-0.3, -0.25) is 4.79 Å². The van der Waals surface area contributed by atoms with Crippen molar-refractivity contribution >= 4 is 16.9 Å². The molecule has 0 saturated heterocycles. The number of ether oxygens (including phenoxy) is 2. The van der Waals surface area contributed by atoms with Crippen LogP contribution in [0.5, 0.6) is 5.75 Å². The van der Waals surface area contributed by atoms with Gasteiger partial charge in [0.1, 0.15) is 16.9 Å². The zero-order valence-electron chi connectivity index (χ0n) is 22.1. The summed E-state index contributed by atoms with van der Waals surface area (Å²) in [4.78, 5) is 24.1. The third-order valence-corrected chi connectivity index (χ3v) is 6.36. The average Bonchev–Trinajstić information content (AvgIpc) is 2.77. The van der Waals surface area contributed by atoms with Crippen molar-refractivity contribution in [3.63, 3.8) is 0 Å². The van der Waals surface area contributed by atoms with E-state index in [1.807, 2.05) is 13.8 Å². The van der Waals surface area contributed by atoms with E-state index in [2.05, 4.69) is 13.8 Å². The normalized spacial score (nSPS) is 12.4. The standard InChI is InChI=1S/C28H39F3O5/c1-19(2)14-15-27(4,5)26(33)35-17-11-9-7-6-8-10-16-34-21-12-13-22-20(3)24(28(29,30)31)25(32)36-23(22)18-21/h12-13,18-19H,6-11,14-17H2,1-5H3. The molecule has 0 aliphatic rings. The molecule has 202 valence electrons. The maximum Gasteiger partial charge on any atom is 0.423 e. The average molecular weight is 513 g/mol. The smallest absolute Gasteiger partial charge is 0.423 e. The van der Waals surface area contributed by atoms with Gasteiger partial charge in [-0.05, 0) is 70.1 Å². The molecule has 0 spiro atoms. The summed E-state index contributed by atoms with van der Waals surface area (Å²) in [7, 11) is 0. The summed E-state index contributed by atoms with van der Waals surface area (Å²) in [5.41, 5.74) is -3.18. The number of hydrogen-bond donors (Lipinski definition) is 0. The van der Waals surface area contributed by atoms with Gasteiger partial charge < -0.3 is 13.9 Å². The quantitative estimate of drug-likeness (QED) is 0.147. The van der Waals surface area contributed by atoms with Gasteiger partial charge in [-0.1, -0.05) is 39.5 Å². The first kappa shape index (κ1) is 29.7. The summed E-state index contributed by atoms with van der Waals surface area (Å²) in [6, 6.07) is 4.52. The van der Waals surface area contributed by atoms with E-state index >= 15 is 0 Å². The highest BCUT2D eigenvalue weighted by Gasteiger charge is 2.37. The third-order valence-electron chi connectivity index (χ3n) is 6.36. The van der Waals surface area contributed by atoms with Crippen LogP contribution in [0.2, 0.25) is 0 Å². The number of aryl methyl sites for hydroxylation is 1. The summed E-state index contributed by atoms with van der Waals surface area (Å²) >= 11 is 0. The summed E-state index contributed by atoms with van der Waals surface area (Å²) in [6.07, 6.45) is 2.78. The van der Waals surface area contributed by atoms with E-state index in [-0.39, 0.29) is 22.5 Å². The van der Waals surface area contributed by atoms with Crippen LogP contribution in [-0.4, -0.2) is 19.2 Å². The molecule has 5 nitrogen and oxygen atoms in total. The molecule has 0 aliphatic heterocycles. The summed E-state index contributed by atoms with van der Waals surface area (Å²) in [5.74, 6) is 0.893. The molecule has 0 aliphatic carbocycles. The fourth-order valence-corrected chi connectivity index (χ4v) is 3.97. The number of fused-ring (bicyclic) bond motifs is 1. The molecular weight excluding hydrogens is 473 g/mol. The number of carbonyl (C=O) groups excluding carboxylic acids is 1. The highest BCUT2D eigenvalue weighted by molar-refractivity contribution is 5.82. The number of halogens is 3. The Morgan fingerprint density at radius 3 is 2.22 bits per heavy atom. The van der Waals surface area contributed by atoms with Gasteiger partial charge in [0.15, 0.2) is 0 Å². The van der Waals surface area contributed by atoms with Crippen LogP contribution < -0.4 is 10.4 Å². The first-order chi connectivity index (χ1) is 16.8. The molecule has 36 heavy (non-hydrogen) atoms. The minimum Gasteiger partial charge on any atom is -0.493 e. The maximum atomic E-state index is 13.1. The molecule has 0 fully saturated rings. The molecule has 0 saturated carbocycles. The number of esters is 1. The number of hydrogen-bond acceptors (Lipinski definition) is 5. The van der Waals surface area contributed by atoms with E-state index in [1.165, 1.54) is 19.1 Å². The van der Waals surface area contributed by atoms with Gasteiger partial charge in [0.25, 0.3) is 0 Å². The third kappa shape index (κ3) is 8.86. The number of benzene rings is 1. The molecule has 2 rings (SSSR count). The SMILES string of the molecule is Cc1c(C(F)(F)F)c(=O)oc2cc(OCCCCCCCCOC(=O)C(C)(C)CCC(C)C)ccc12. The lowest BCUT2D eigenvalue weighted by molar-refractivity contribution is -0.154. The highest BCUT2D eigenvalue weighted by Crippen LogP contribution is 2.33. The van der Waals surface area contributed by atoms with Gasteiger partial charge in [0, 0.05) is 11.5 Å². The fraction of sp³-hybridized carbons (Fsp3) is 0.643. The van der Waals surface area contributed by atoms with Crippen molar-refractivity contribution in [2.24, 2.45) is 11.3 Å². The lowest BCUT2D eigenvalue weighted by atomic mass is 9.85. The molecule has 0 unspecified atom stereocenters. The van der Waals surface area contributed by atoms with Crippen molar-refractivity contribution in [1.82, 2.24) is 0 Å². The minimum absolute atomic E-state index is 0.0759. The first-order valence-electron chi connectivity index (χ1n) is 12.8. The Kier molecular flexibility index (Phi) is 10.9. The van der Waals surface area contributed by atoms with E-state index in [1.54, 1.807) is 6.07 Å². The van der Waals surface area contributed by atoms with Crippen molar-refractivity contribution in [1.29, 1.82) is 0 Å². The van der Waals surface area contributed by atoms with E-state index in [9.17, 15) is 22.8 Å². The molecule has 0 radical (unpaired) electrons. The molecule has 0 N–H and O–H groups in total. The molecule has 0 atom stereocenters. The van der Waals surface area contributed by atoms with Crippen molar-refractivity contribution < 1.29 is 31.9 Å². The van der Waals surface area contributed by atoms with Crippen LogP contribution in [0.4, 0.5) is 13.2 Å². The van der Waals surface area contributed by atoms with Crippen molar-refractivity contribution in [2.75, 3.05) is 13.2 Å². The zero-order valence-corrected chi connectivity index (χ0v) is 22.1. The molecule has 1 aromatic carbocycles. The van der Waals surface area contributed by atoms with Crippen LogP contribution in [0.3, 0.4) is 0 Å². The molecular formula is C28H39F3O5. The van der Waals surface area contributed by atoms with E-state index in [0.29, 0.717) is 24.9 Å². The van der Waals surface area contributed by atoms with Gasteiger partial charge in [0.05, 0.1) is 18.6 Å². The molecule has 2 aromatic rings.